The fraction of sp³-hybridized carbons (Fsp3) is 0.895. The van der Waals surface area contributed by atoms with Gasteiger partial charge in [-0.05, 0) is 78.6 Å². The van der Waals surface area contributed by atoms with Crippen LogP contribution in [0.15, 0.2) is 4.40 Å². The Bertz CT molecular complexity index is 498. The van der Waals surface area contributed by atoms with E-state index in [9.17, 15) is 9.00 Å². The van der Waals surface area contributed by atoms with Crippen LogP contribution in [0.25, 0.3) is 0 Å². The van der Waals surface area contributed by atoms with Gasteiger partial charge in [0.15, 0.2) is 0 Å². The van der Waals surface area contributed by atoms with E-state index in [1.165, 1.54) is 0 Å². The quantitative estimate of drug-likeness (QED) is 0.529. The molecule has 1 rings (SSSR count). The van der Waals surface area contributed by atoms with Crippen molar-refractivity contribution in [3.8, 4) is 0 Å². The first kappa shape index (κ1) is 21.3. The second-order valence-corrected chi connectivity index (χ2v) is 11.5. The van der Waals surface area contributed by atoms with Crippen LogP contribution in [0.4, 0.5) is 0 Å². The third kappa shape index (κ3) is 6.66. The number of ether oxygens (including phenoxy) is 1. The molecule has 3 atom stereocenters. The lowest BCUT2D eigenvalue weighted by Crippen LogP contribution is -2.33. The number of nitrogens with zero attached hydrogens (tertiary/aromatic N) is 1. The fourth-order valence-corrected chi connectivity index (χ4v) is 3.78. The highest BCUT2D eigenvalue weighted by atomic mass is 32.2. The maximum absolute atomic E-state index is 12.5. The fourth-order valence-electron chi connectivity index (χ4n) is 3.22. The van der Waals surface area contributed by atoms with E-state index in [1.54, 1.807) is 6.21 Å². The van der Waals surface area contributed by atoms with Gasteiger partial charge in [-0.15, -0.1) is 0 Å². The highest BCUT2D eigenvalue weighted by Gasteiger charge is 2.45. The lowest BCUT2D eigenvalue weighted by molar-refractivity contribution is -0.163. The van der Waals surface area contributed by atoms with E-state index in [1.807, 2.05) is 41.5 Å². The molecule has 0 aliphatic heterocycles. The van der Waals surface area contributed by atoms with E-state index < -0.39 is 16.6 Å². The number of carbonyl (C=O) groups excluding carboxylic acids is 1. The maximum atomic E-state index is 12.5. The van der Waals surface area contributed by atoms with Gasteiger partial charge in [0, 0.05) is 6.21 Å². The lowest BCUT2D eigenvalue weighted by Gasteiger charge is -2.29. The Hall–Kier alpha value is -0.710. The van der Waals surface area contributed by atoms with E-state index in [0.717, 1.165) is 25.7 Å². The summed E-state index contributed by atoms with van der Waals surface area (Å²) in [6.07, 6.45) is 5.47. The minimum absolute atomic E-state index is 0.0294. The van der Waals surface area contributed by atoms with Crippen LogP contribution in [0, 0.1) is 17.3 Å². The zero-order chi connectivity index (χ0) is 18.8. The monoisotopic (exact) mass is 357 g/mol. The number of carbonyl (C=O) groups is 1. The van der Waals surface area contributed by atoms with Crippen molar-refractivity contribution in [2.24, 2.45) is 21.6 Å². The van der Waals surface area contributed by atoms with Gasteiger partial charge < -0.3 is 4.74 Å². The third-order valence-corrected chi connectivity index (χ3v) is 5.80. The van der Waals surface area contributed by atoms with Gasteiger partial charge in [0.25, 0.3) is 0 Å². The molecule has 0 aromatic rings. The molecule has 2 unspecified atom stereocenters. The van der Waals surface area contributed by atoms with Gasteiger partial charge in [-0.1, -0.05) is 13.8 Å². The first-order valence-corrected chi connectivity index (χ1v) is 10.0. The highest BCUT2D eigenvalue weighted by Crippen LogP contribution is 2.48. The molecule has 0 spiro atoms. The van der Waals surface area contributed by atoms with E-state index in [0.29, 0.717) is 5.92 Å². The SMILES string of the molecule is CC(C)(C)OC(=O)C1C[C@@H](CCC=NS(=O)C(C)(C)C)CC1(C)C. The molecular weight excluding hydrogens is 322 g/mol. The molecule has 0 bridgehead atoms. The van der Waals surface area contributed by atoms with Crippen LogP contribution in [-0.2, 0) is 20.5 Å². The summed E-state index contributed by atoms with van der Waals surface area (Å²) in [5.41, 5.74) is -0.465. The second kappa shape index (κ2) is 7.67. The predicted molar refractivity (Wildman–Crippen MR) is 101 cm³/mol. The molecule has 0 N–H and O–H groups in total. The molecule has 1 aliphatic carbocycles. The van der Waals surface area contributed by atoms with Crippen molar-refractivity contribution in [3.63, 3.8) is 0 Å². The predicted octanol–water partition coefficient (Wildman–Crippen LogP) is 4.69. The topological polar surface area (TPSA) is 55.7 Å². The molecule has 0 heterocycles. The standard InChI is InChI=1S/C19H35NO3S/c1-17(2,3)23-16(21)15-12-14(13-19(15,7)8)10-9-11-20-24(22)18(4,5)6/h11,14-15H,9-10,12-13H2,1-8H3/t14-,15?,24?/m1/s1. The van der Waals surface area contributed by atoms with Crippen molar-refractivity contribution in [1.29, 1.82) is 0 Å². The highest BCUT2D eigenvalue weighted by molar-refractivity contribution is 7.85. The first-order valence-electron chi connectivity index (χ1n) is 8.90. The average Bonchev–Trinajstić information content (AvgIpc) is 2.66. The zero-order valence-corrected chi connectivity index (χ0v) is 17.5. The summed E-state index contributed by atoms with van der Waals surface area (Å²) < 4.78 is 21.3. The van der Waals surface area contributed by atoms with Crippen LogP contribution in [0.5, 0.6) is 0 Å². The second-order valence-electron chi connectivity index (χ2n) is 9.61. The Balaban J connectivity index is 2.55. The molecule has 24 heavy (non-hydrogen) atoms. The summed E-state index contributed by atoms with van der Waals surface area (Å²) in [5.74, 6) is 0.381. The lowest BCUT2D eigenvalue weighted by atomic mass is 9.81. The van der Waals surface area contributed by atoms with Crippen LogP contribution in [0.2, 0.25) is 0 Å². The van der Waals surface area contributed by atoms with Crippen LogP contribution >= 0.6 is 0 Å². The van der Waals surface area contributed by atoms with Crippen LogP contribution in [0.1, 0.15) is 81.1 Å². The molecule has 0 radical (unpaired) electrons. The van der Waals surface area contributed by atoms with Crippen molar-refractivity contribution in [2.75, 3.05) is 0 Å². The smallest absolute Gasteiger partial charge is 0.310 e. The summed E-state index contributed by atoms with van der Waals surface area (Å²) in [6.45, 7) is 15.8. The van der Waals surface area contributed by atoms with Gasteiger partial charge in [0.1, 0.15) is 16.6 Å². The number of rotatable bonds is 5. The van der Waals surface area contributed by atoms with Crippen molar-refractivity contribution in [2.45, 2.75) is 91.4 Å². The Morgan fingerprint density at radius 3 is 2.33 bits per heavy atom. The van der Waals surface area contributed by atoms with E-state index >= 15 is 0 Å². The van der Waals surface area contributed by atoms with Gasteiger partial charge in [-0.25, -0.2) is 4.21 Å². The van der Waals surface area contributed by atoms with Crippen LogP contribution in [0.3, 0.4) is 0 Å². The summed E-state index contributed by atoms with van der Waals surface area (Å²) in [6, 6.07) is 0. The van der Waals surface area contributed by atoms with Crippen LogP contribution in [-0.4, -0.2) is 26.7 Å². The summed E-state index contributed by atoms with van der Waals surface area (Å²) in [4.78, 5) is 12.5. The number of hydrogen-bond acceptors (Lipinski definition) is 3. The summed E-state index contributed by atoms with van der Waals surface area (Å²) in [7, 11) is -1.19. The van der Waals surface area contributed by atoms with Crippen molar-refractivity contribution < 1.29 is 13.7 Å². The average molecular weight is 358 g/mol. The Kier molecular flexibility index (Phi) is 6.82. The van der Waals surface area contributed by atoms with E-state index in [-0.39, 0.29) is 22.0 Å². The summed E-state index contributed by atoms with van der Waals surface area (Å²) >= 11 is 0. The minimum atomic E-state index is -1.19. The van der Waals surface area contributed by atoms with Gasteiger partial charge >= 0.3 is 5.97 Å². The van der Waals surface area contributed by atoms with Crippen molar-refractivity contribution in [3.05, 3.63) is 0 Å². The maximum Gasteiger partial charge on any atom is 0.310 e. The van der Waals surface area contributed by atoms with E-state index in [2.05, 4.69) is 18.2 Å². The Morgan fingerprint density at radius 1 is 1.25 bits per heavy atom. The van der Waals surface area contributed by atoms with Crippen molar-refractivity contribution in [1.82, 2.24) is 0 Å². The molecule has 1 saturated carbocycles. The normalized spacial score (nSPS) is 25.8. The van der Waals surface area contributed by atoms with Gasteiger partial charge in [0.05, 0.1) is 10.7 Å². The molecule has 0 saturated heterocycles. The molecule has 1 aliphatic rings. The Labute approximate surface area is 150 Å². The molecule has 140 valence electrons. The summed E-state index contributed by atoms with van der Waals surface area (Å²) in [5, 5.41) is 0. The zero-order valence-electron chi connectivity index (χ0n) is 16.6. The molecule has 0 aromatic heterocycles. The van der Waals surface area contributed by atoms with Gasteiger partial charge in [-0.2, -0.15) is 4.40 Å². The molecule has 5 heteroatoms. The van der Waals surface area contributed by atoms with Gasteiger partial charge in [-0.3, -0.25) is 4.79 Å². The molecule has 0 amide bonds. The number of hydrogen-bond donors (Lipinski definition) is 0. The Morgan fingerprint density at radius 2 is 1.83 bits per heavy atom. The molecular formula is C19H35NO3S. The number of esters is 1. The van der Waals surface area contributed by atoms with Gasteiger partial charge in [0.2, 0.25) is 0 Å². The van der Waals surface area contributed by atoms with E-state index in [4.69, 9.17) is 4.74 Å². The molecule has 1 fully saturated rings. The minimum Gasteiger partial charge on any atom is -0.460 e. The van der Waals surface area contributed by atoms with Crippen LogP contribution < -0.4 is 0 Å². The third-order valence-electron chi connectivity index (χ3n) is 4.42. The first-order chi connectivity index (χ1) is 10.7. The molecule has 0 aromatic carbocycles. The largest absolute Gasteiger partial charge is 0.460 e. The molecule has 4 nitrogen and oxygen atoms in total. The van der Waals surface area contributed by atoms with Crippen molar-refractivity contribution >= 4 is 23.2 Å².